The maximum Gasteiger partial charge on any atom is 0.226 e. The van der Waals surface area contributed by atoms with Crippen LogP contribution in [0.5, 0.6) is 11.5 Å². The second-order valence-electron chi connectivity index (χ2n) is 6.61. The van der Waals surface area contributed by atoms with Gasteiger partial charge in [-0.05, 0) is 55.0 Å². The summed E-state index contributed by atoms with van der Waals surface area (Å²) in [5.74, 6) is 1.48. The molecule has 1 aliphatic heterocycles. The minimum Gasteiger partial charge on any atom is -0.493 e. The highest BCUT2D eigenvalue weighted by molar-refractivity contribution is 6.31. The van der Waals surface area contributed by atoms with Crippen LogP contribution >= 0.6 is 23.2 Å². The summed E-state index contributed by atoms with van der Waals surface area (Å²) < 4.78 is 17.1. The van der Waals surface area contributed by atoms with Gasteiger partial charge < -0.3 is 19.1 Å². The molecule has 0 aromatic heterocycles. The van der Waals surface area contributed by atoms with E-state index in [1.165, 1.54) is 0 Å². The summed E-state index contributed by atoms with van der Waals surface area (Å²) in [6.07, 6.45) is 0.151. The highest BCUT2D eigenvalue weighted by atomic mass is 35.5. The van der Waals surface area contributed by atoms with E-state index < -0.39 is 0 Å². The number of hydrogen-bond acceptors (Lipinski definition) is 4. The van der Waals surface area contributed by atoms with Gasteiger partial charge in [0.25, 0.3) is 0 Å². The zero-order valence-corrected chi connectivity index (χ0v) is 17.2. The van der Waals surface area contributed by atoms with Crippen molar-refractivity contribution in [1.82, 2.24) is 4.90 Å². The number of morpholine rings is 1. The topological polar surface area (TPSA) is 48.0 Å². The average Bonchev–Trinajstić information content (AvgIpc) is 2.70. The molecule has 28 heavy (non-hydrogen) atoms. The number of carbonyl (C=O) groups excluding carboxylic acids is 1. The van der Waals surface area contributed by atoms with Gasteiger partial charge in [-0.15, -0.1) is 0 Å². The normalized spacial score (nSPS) is 16.7. The quantitative estimate of drug-likeness (QED) is 0.662. The Bertz CT molecular complexity index is 797. The van der Waals surface area contributed by atoms with Gasteiger partial charge in [-0.25, -0.2) is 0 Å². The van der Waals surface area contributed by atoms with Gasteiger partial charge in [-0.3, -0.25) is 4.79 Å². The van der Waals surface area contributed by atoms with Crippen LogP contribution in [0, 0.1) is 6.92 Å². The lowest BCUT2D eigenvalue weighted by atomic mass is 10.2. The van der Waals surface area contributed by atoms with Gasteiger partial charge in [0.05, 0.1) is 26.2 Å². The Labute approximate surface area is 175 Å². The number of rotatable bonds is 7. The van der Waals surface area contributed by atoms with E-state index in [9.17, 15) is 4.79 Å². The molecule has 0 N–H and O–H groups in total. The maximum atomic E-state index is 12.5. The number of benzene rings is 2. The molecule has 3 rings (SSSR count). The number of hydrogen-bond donors (Lipinski definition) is 0. The summed E-state index contributed by atoms with van der Waals surface area (Å²) in [6.45, 7) is 4.22. The van der Waals surface area contributed by atoms with Crippen LogP contribution in [-0.4, -0.2) is 49.8 Å². The molecule has 1 heterocycles. The fraction of sp³-hybridized carbons (Fsp3) is 0.381. The van der Waals surface area contributed by atoms with Gasteiger partial charge in [0.1, 0.15) is 24.2 Å². The first-order valence-electron chi connectivity index (χ1n) is 9.18. The zero-order chi connectivity index (χ0) is 19.9. The third-order valence-electron chi connectivity index (χ3n) is 4.46. The molecule has 1 atom stereocenters. The number of ether oxygens (including phenoxy) is 3. The molecule has 1 fully saturated rings. The lowest BCUT2D eigenvalue weighted by molar-refractivity contribution is -0.140. The standard InChI is InChI=1S/C21H23Cl2NO4/c1-15-12-18(6-7-20(15)23)28-14-19-13-24(9-11-27-19)21(25)8-10-26-17-4-2-16(22)3-5-17/h2-7,12,19H,8-11,13-14H2,1H3/t19-/m0/s1. The minimum atomic E-state index is -0.161. The second kappa shape index (κ2) is 10.0. The lowest BCUT2D eigenvalue weighted by Gasteiger charge is -2.33. The molecule has 1 amide bonds. The van der Waals surface area contributed by atoms with Gasteiger partial charge in [0, 0.05) is 16.6 Å². The summed E-state index contributed by atoms with van der Waals surface area (Å²) in [5.41, 5.74) is 0.959. The number of carbonyl (C=O) groups is 1. The molecule has 1 aliphatic rings. The number of amides is 1. The molecular formula is C21H23Cl2NO4. The van der Waals surface area contributed by atoms with Crippen molar-refractivity contribution in [2.75, 3.05) is 32.9 Å². The highest BCUT2D eigenvalue weighted by Gasteiger charge is 2.24. The van der Waals surface area contributed by atoms with E-state index in [0.717, 1.165) is 11.3 Å². The Kier molecular flexibility index (Phi) is 7.43. The van der Waals surface area contributed by atoms with Crippen molar-refractivity contribution in [3.8, 4) is 11.5 Å². The van der Waals surface area contributed by atoms with Crippen molar-refractivity contribution in [2.24, 2.45) is 0 Å². The lowest BCUT2D eigenvalue weighted by Crippen LogP contribution is -2.47. The van der Waals surface area contributed by atoms with Crippen molar-refractivity contribution in [3.05, 3.63) is 58.1 Å². The van der Waals surface area contributed by atoms with E-state index in [2.05, 4.69) is 0 Å². The Morgan fingerprint density at radius 2 is 1.89 bits per heavy atom. The van der Waals surface area contributed by atoms with Crippen molar-refractivity contribution in [1.29, 1.82) is 0 Å². The Morgan fingerprint density at radius 3 is 2.64 bits per heavy atom. The van der Waals surface area contributed by atoms with E-state index in [1.54, 1.807) is 29.2 Å². The van der Waals surface area contributed by atoms with Crippen LogP contribution in [0.4, 0.5) is 0 Å². The number of nitrogens with zero attached hydrogens (tertiary/aromatic N) is 1. The van der Waals surface area contributed by atoms with Gasteiger partial charge >= 0.3 is 0 Å². The predicted molar refractivity (Wildman–Crippen MR) is 110 cm³/mol. The number of aryl methyl sites for hydroxylation is 1. The molecule has 0 aliphatic carbocycles. The van der Waals surface area contributed by atoms with Gasteiger partial charge in [0.2, 0.25) is 5.91 Å². The van der Waals surface area contributed by atoms with E-state index in [4.69, 9.17) is 37.4 Å². The molecule has 7 heteroatoms. The Balaban J connectivity index is 1.42. The molecule has 0 saturated carbocycles. The fourth-order valence-corrected chi connectivity index (χ4v) is 3.13. The van der Waals surface area contributed by atoms with Crippen molar-refractivity contribution >= 4 is 29.1 Å². The SMILES string of the molecule is Cc1cc(OC[C@@H]2CN(C(=O)CCOc3ccc(Cl)cc3)CCO2)ccc1Cl. The number of halogens is 2. The smallest absolute Gasteiger partial charge is 0.226 e. The van der Waals surface area contributed by atoms with Gasteiger partial charge in [0.15, 0.2) is 0 Å². The van der Waals surface area contributed by atoms with Gasteiger partial charge in [-0.2, -0.15) is 0 Å². The van der Waals surface area contributed by atoms with E-state index in [0.29, 0.717) is 55.1 Å². The van der Waals surface area contributed by atoms with E-state index in [1.807, 2.05) is 25.1 Å². The summed E-state index contributed by atoms with van der Waals surface area (Å²) in [7, 11) is 0. The highest BCUT2D eigenvalue weighted by Crippen LogP contribution is 2.21. The summed E-state index contributed by atoms with van der Waals surface area (Å²) in [4.78, 5) is 14.3. The molecule has 1 saturated heterocycles. The molecule has 0 spiro atoms. The second-order valence-corrected chi connectivity index (χ2v) is 7.45. The molecule has 2 aromatic rings. The van der Waals surface area contributed by atoms with Crippen LogP contribution in [0.2, 0.25) is 10.0 Å². The average molecular weight is 424 g/mol. The van der Waals surface area contributed by atoms with E-state index in [-0.39, 0.29) is 12.0 Å². The Morgan fingerprint density at radius 1 is 1.14 bits per heavy atom. The molecule has 0 radical (unpaired) electrons. The van der Waals surface area contributed by atoms with Crippen molar-refractivity contribution < 1.29 is 19.0 Å². The summed E-state index contributed by atoms with van der Waals surface area (Å²) >= 11 is 11.9. The van der Waals surface area contributed by atoms with Crippen LogP contribution in [0.15, 0.2) is 42.5 Å². The third kappa shape index (κ3) is 6.03. The first-order chi connectivity index (χ1) is 13.5. The van der Waals surface area contributed by atoms with Crippen LogP contribution in [0.3, 0.4) is 0 Å². The predicted octanol–water partition coefficient (Wildman–Crippen LogP) is 4.38. The monoisotopic (exact) mass is 423 g/mol. The van der Waals surface area contributed by atoms with Gasteiger partial charge in [-0.1, -0.05) is 23.2 Å². The van der Waals surface area contributed by atoms with E-state index >= 15 is 0 Å². The van der Waals surface area contributed by atoms with Crippen LogP contribution in [0.1, 0.15) is 12.0 Å². The Hall–Kier alpha value is -1.95. The first kappa shape index (κ1) is 20.8. The van der Waals surface area contributed by atoms with Crippen LogP contribution in [-0.2, 0) is 9.53 Å². The summed E-state index contributed by atoms with van der Waals surface area (Å²) in [6, 6.07) is 12.6. The molecule has 0 unspecified atom stereocenters. The summed E-state index contributed by atoms with van der Waals surface area (Å²) in [5, 5.41) is 1.36. The first-order valence-corrected chi connectivity index (χ1v) is 9.93. The van der Waals surface area contributed by atoms with Crippen molar-refractivity contribution in [3.63, 3.8) is 0 Å². The molecule has 2 aromatic carbocycles. The zero-order valence-electron chi connectivity index (χ0n) is 15.7. The molecule has 150 valence electrons. The third-order valence-corrected chi connectivity index (χ3v) is 5.13. The molecule has 0 bridgehead atoms. The maximum absolute atomic E-state index is 12.5. The van der Waals surface area contributed by atoms with Crippen molar-refractivity contribution in [2.45, 2.75) is 19.4 Å². The van der Waals surface area contributed by atoms with Crippen LogP contribution in [0.25, 0.3) is 0 Å². The fourth-order valence-electron chi connectivity index (χ4n) is 2.89. The molecular weight excluding hydrogens is 401 g/mol. The largest absolute Gasteiger partial charge is 0.493 e. The van der Waals surface area contributed by atoms with Crippen LogP contribution < -0.4 is 9.47 Å². The minimum absolute atomic E-state index is 0.0459. The molecule has 5 nitrogen and oxygen atoms in total.